The number of para-hydroxylation sites is 1. The van der Waals surface area contributed by atoms with Crippen molar-refractivity contribution < 1.29 is 5.11 Å². The van der Waals surface area contributed by atoms with Crippen molar-refractivity contribution in [2.24, 2.45) is 24.2 Å². The first-order valence-electron chi connectivity index (χ1n) is 9.46. The number of hydrogen-bond donors (Lipinski definition) is 4. The maximum absolute atomic E-state index is 10.1. The molecule has 4 rings (SSSR count). The third kappa shape index (κ3) is 3.21. The predicted molar refractivity (Wildman–Crippen MR) is 110 cm³/mol. The number of phenolic OH excluding ortho intramolecular Hbond substituents is 1. The quantitative estimate of drug-likeness (QED) is 0.580. The third-order valence-electron chi connectivity index (χ3n) is 5.62. The Morgan fingerprint density at radius 1 is 1.14 bits per heavy atom. The van der Waals surface area contributed by atoms with E-state index < -0.39 is 0 Å². The van der Waals surface area contributed by atoms with Crippen LogP contribution in [0.4, 0.5) is 5.69 Å². The van der Waals surface area contributed by atoms with E-state index in [2.05, 4.69) is 21.1 Å². The van der Waals surface area contributed by atoms with Gasteiger partial charge >= 0.3 is 0 Å². The summed E-state index contributed by atoms with van der Waals surface area (Å²) in [5.41, 5.74) is 21.2. The van der Waals surface area contributed by atoms with Crippen LogP contribution in [0, 0.1) is 0 Å². The number of nitrogens with zero attached hydrogens (tertiary/aromatic N) is 4. The number of aromatic hydroxyl groups is 1. The lowest BCUT2D eigenvalue weighted by Gasteiger charge is -2.43. The lowest BCUT2D eigenvalue weighted by molar-refractivity contribution is 0.277. The Hall–Kier alpha value is -3.29. The van der Waals surface area contributed by atoms with Gasteiger partial charge in [0.25, 0.3) is 0 Å². The first kappa shape index (κ1) is 18.1. The fraction of sp³-hybridized carbons (Fsp3) is 0.350. The highest BCUT2D eigenvalue weighted by molar-refractivity contribution is 5.70. The summed E-state index contributed by atoms with van der Waals surface area (Å²) in [4.78, 5) is 4.67. The SMILES string of the molecule is Cn1cc(N2C3CCC2CN(C(/C=C(\N)c2ccccc2O)=C(N)N)C3)cn1. The van der Waals surface area contributed by atoms with E-state index in [1.807, 2.05) is 24.0 Å². The van der Waals surface area contributed by atoms with Gasteiger partial charge in [0.1, 0.15) is 11.6 Å². The average Bonchev–Trinajstić information content (AvgIpc) is 3.19. The number of benzene rings is 1. The molecule has 1 aromatic heterocycles. The Kier molecular flexibility index (Phi) is 4.54. The molecule has 2 saturated heterocycles. The number of aromatic nitrogens is 2. The van der Waals surface area contributed by atoms with E-state index in [1.54, 1.807) is 24.3 Å². The van der Waals surface area contributed by atoms with Crippen molar-refractivity contribution in [1.29, 1.82) is 0 Å². The summed E-state index contributed by atoms with van der Waals surface area (Å²) in [7, 11) is 1.93. The Morgan fingerprint density at radius 2 is 1.82 bits per heavy atom. The smallest absolute Gasteiger partial charge is 0.124 e. The molecule has 0 saturated carbocycles. The summed E-state index contributed by atoms with van der Waals surface area (Å²) in [6.45, 7) is 1.62. The van der Waals surface area contributed by atoms with Crippen LogP contribution in [0.3, 0.4) is 0 Å². The molecular weight excluding hydrogens is 354 g/mol. The van der Waals surface area contributed by atoms with E-state index in [-0.39, 0.29) is 11.6 Å². The van der Waals surface area contributed by atoms with Gasteiger partial charge in [0.2, 0.25) is 0 Å². The van der Waals surface area contributed by atoms with Gasteiger partial charge in [-0.2, -0.15) is 5.10 Å². The standard InChI is InChI=1S/C20H27N7O/c1-25-10-15(9-24-25)27-13-6-7-14(27)12-26(11-13)18(20(22)23)8-17(21)16-4-2-3-5-19(16)28/h2-5,8-10,13-14,28H,6-7,11-12,21-23H2,1H3/b17-8-. The van der Waals surface area contributed by atoms with E-state index in [0.29, 0.717) is 29.0 Å². The highest BCUT2D eigenvalue weighted by atomic mass is 16.3. The van der Waals surface area contributed by atoms with Gasteiger partial charge in [0.05, 0.1) is 17.6 Å². The molecular formula is C20H27N7O. The van der Waals surface area contributed by atoms with Gasteiger partial charge in [-0.15, -0.1) is 0 Å². The summed E-state index contributed by atoms with van der Waals surface area (Å²) in [6.07, 6.45) is 7.98. The molecule has 148 valence electrons. The zero-order chi connectivity index (χ0) is 19.8. The topological polar surface area (TPSA) is 123 Å². The zero-order valence-corrected chi connectivity index (χ0v) is 16.0. The maximum atomic E-state index is 10.1. The minimum atomic E-state index is 0.132. The first-order chi connectivity index (χ1) is 13.4. The van der Waals surface area contributed by atoms with Crippen LogP contribution in [0.1, 0.15) is 18.4 Å². The molecule has 2 aliphatic rings. The van der Waals surface area contributed by atoms with Crippen molar-refractivity contribution in [3.05, 3.63) is 59.8 Å². The van der Waals surface area contributed by atoms with Gasteiger partial charge in [-0.3, -0.25) is 4.68 Å². The summed E-state index contributed by atoms with van der Waals surface area (Å²) in [6, 6.07) is 7.72. The van der Waals surface area contributed by atoms with Crippen LogP contribution in [0.2, 0.25) is 0 Å². The minimum Gasteiger partial charge on any atom is -0.507 e. The van der Waals surface area contributed by atoms with Crippen molar-refractivity contribution >= 4 is 11.4 Å². The van der Waals surface area contributed by atoms with Crippen molar-refractivity contribution in [3.8, 4) is 5.75 Å². The molecule has 28 heavy (non-hydrogen) atoms. The number of allylic oxidation sites excluding steroid dienone is 1. The van der Waals surface area contributed by atoms with E-state index in [1.165, 1.54) is 0 Å². The van der Waals surface area contributed by atoms with E-state index in [0.717, 1.165) is 31.6 Å². The van der Waals surface area contributed by atoms with Crippen LogP contribution < -0.4 is 22.1 Å². The summed E-state index contributed by atoms with van der Waals surface area (Å²) < 4.78 is 1.83. The predicted octanol–water partition coefficient (Wildman–Crippen LogP) is 0.865. The molecule has 8 nitrogen and oxygen atoms in total. The molecule has 2 aromatic rings. The molecule has 0 aliphatic carbocycles. The monoisotopic (exact) mass is 381 g/mol. The largest absolute Gasteiger partial charge is 0.507 e. The summed E-state index contributed by atoms with van der Waals surface area (Å²) in [5.74, 6) is 0.361. The van der Waals surface area contributed by atoms with Crippen molar-refractivity contribution in [2.45, 2.75) is 24.9 Å². The molecule has 2 bridgehead atoms. The van der Waals surface area contributed by atoms with Crippen LogP contribution in [-0.2, 0) is 7.05 Å². The van der Waals surface area contributed by atoms with Crippen LogP contribution >= 0.6 is 0 Å². The molecule has 3 heterocycles. The van der Waals surface area contributed by atoms with Gasteiger partial charge in [-0.1, -0.05) is 12.1 Å². The van der Waals surface area contributed by atoms with E-state index in [9.17, 15) is 5.11 Å². The second kappa shape index (κ2) is 7.03. The number of fused-ring (bicyclic) bond motifs is 2. The molecule has 0 spiro atoms. The van der Waals surface area contributed by atoms with Crippen molar-refractivity contribution in [2.75, 3.05) is 18.0 Å². The molecule has 0 amide bonds. The van der Waals surface area contributed by atoms with E-state index >= 15 is 0 Å². The zero-order valence-electron chi connectivity index (χ0n) is 16.0. The fourth-order valence-corrected chi connectivity index (χ4v) is 4.36. The molecule has 7 N–H and O–H groups in total. The number of hydrogen-bond acceptors (Lipinski definition) is 7. The summed E-state index contributed by atoms with van der Waals surface area (Å²) in [5, 5.41) is 14.4. The molecule has 1 aromatic carbocycles. The number of nitrogens with two attached hydrogens (primary N) is 3. The number of rotatable bonds is 4. The number of piperazine rings is 1. The highest BCUT2D eigenvalue weighted by Gasteiger charge is 2.41. The van der Waals surface area contributed by atoms with Gasteiger partial charge in [0.15, 0.2) is 0 Å². The Balaban J connectivity index is 1.59. The molecule has 8 heteroatoms. The lowest BCUT2D eigenvalue weighted by atomic mass is 10.1. The maximum Gasteiger partial charge on any atom is 0.124 e. The van der Waals surface area contributed by atoms with Crippen LogP contribution in [0.25, 0.3) is 5.70 Å². The Labute approximate surface area is 164 Å². The third-order valence-corrected chi connectivity index (χ3v) is 5.62. The highest BCUT2D eigenvalue weighted by Crippen LogP contribution is 2.36. The van der Waals surface area contributed by atoms with E-state index in [4.69, 9.17) is 17.2 Å². The normalized spacial score (nSPS) is 21.8. The fourth-order valence-electron chi connectivity index (χ4n) is 4.36. The molecule has 2 aliphatic heterocycles. The Bertz CT molecular complexity index is 914. The second-order valence-electron chi connectivity index (χ2n) is 7.53. The minimum absolute atomic E-state index is 0.132. The van der Waals surface area contributed by atoms with Gasteiger partial charge in [-0.25, -0.2) is 0 Å². The number of phenols is 1. The molecule has 2 atom stereocenters. The van der Waals surface area contributed by atoms with Crippen LogP contribution in [0.5, 0.6) is 5.75 Å². The van der Waals surface area contributed by atoms with Gasteiger partial charge in [-0.05, 0) is 31.1 Å². The van der Waals surface area contributed by atoms with Gasteiger partial charge in [0, 0.05) is 49.7 Å². The Morgan fingerprint density at radius 3 is 2.39 bits per heavy atom. The van der Waals surface area contributed by atoms with Crippen molar-refractivity contribution in [3.63, 3.8) is 0 Å². The van der Waals surface area contributed by atoms with Gasteiger partial charge < -0.3 is 32.1 Å². The number of anilines is 1. The molecule has 2 unspecified atom stereocenters. The number of aryl methyl sites for hydroxylation is 1. The molecule has 0 radical (unpaired) electrons. The first-order valence-corrected chi connectivity index (χ1v) is 9.46. The lowest BCUT2D eigenvalue weighted by Crippen LogP contribution is -2.53. The number of likely N-dealkylation sites (tertiary alicyclic amines) is 1. The van der Waals surface area contributed by atoms with Crippen molar-refractivity contribution in [1.82, 2.24) is 14.7 Å². The average molecular weight is 381 g/mol. The van der Waals surface area contributed by atoms with Crippen LogP contribution in [0.15, 0.2) is 54.3 Å². The van der Waals surface area contributed by atoms with Crippen LogP contribution in [-0.4, -0.2) is 45.0 Å². The molecule has 2 fully saturated rings. The second-order valence-corrected chi connectivity index (χ2v) is 7.53. The summed E-state index contributed by atoms with van der Waals surface area (Å²) >= 11 is 0.